The van der Waals surface area contributed by atoms with E-state index in [1.54, 1.807) is 4.90 Å². The van der Waals surface area contributed by atoms with Crippen LogP contribution in [0.25, 0.3) is 5.70 Å². The minimum Gasteiger partial charge on any atom is -0.395 e. The highest BCUT2D eigenvalue weighted by Crippen LogP contribution is 2.34. The van der Waals surface area contributed by atoms with E-state index in [1.165, 1.54) is 6.08 Å². The zero-order valence-electron chi connectivity index (χ0n) is 11.2. The van der Waals surface area contributed by atoms with Crippen LogP contribution in [0, 0.1) is 10.1 Å². The molecule has 104 valence electrons. The van der Waals surface area contributed by atoms with Crippen LogP contribution in [0.5, 0.6) is 0 Å². The molecule has 1 aromatic rings. The molecule has 0 aromatic heterocycles. The van der Waals surface area contributed by atoms with Crippen molar-refractivity contribution in [2.45, 2.75) is 6.92 Å². The summed E-state index contributed by atoms with van der Waals surface area (Å²) in [4.78, 5) is 12.3. The van der Waals surface area contributed by atoms with E-state index < -0.39 is 4.92 Å². The predicted molar refractivity (Wildman–Crippen MR) is 77.0 cm³/mol. The van der Waals surface area contributed by atoms with E-state index in [9.17, 15) is 15.2 Å². The largest absolute Gasteiger partial charge is 0.395 e. The van der Waals surface area contributed by atoms with Gasteiger partial charge in [0.05, 0.1) is 17.2 Å². The first-order valence-corrected chi connectivity index (χ1v) is 6.26. The standard InChI is InChI=1S/C15H16N2O3/c1-11-10-14(17(19)20)12(2)16(8-9-18)15(11)13-6-4-3-5-7-13/h3-7,10,18H,2,8-9H2,1H3. The maximum Gasteiger partial charge on any atom is 0.292 e. The number of allylic oxidation sites excluding steroid dienone is 2. The summed E-state index contributed by atoms with van der Waals surface area (Å²) < 4.78 is 0. The Kier molecular flexibility index (Phi) is 4.00. The van der Waals surface area contributed by atoms with Gasteiger partial charge in [-0.3, -0.25) is 10.1 Å². The molecule has 20 heavy (non-hydrogen) atoms. The predicted octanol–water partition coefficient (Wildman–Crippen LogP) is 2.40. The summed E-state index contributed by atoms with van der Waals surface area (Å²) in [5.74, 6) is 0. The van der Waals surface area contributed by atoms with Gasteiger partial charge in [0.15, 0.2) is 0 Å². The van der Waals surface area contributed by atoms with Crippen LogP contribution in [0.1, 0.15) is 12.5 Å². The third kappa shape index (κ3) is 2.48. The fraction of sp³-hybridized carbons (Fsp3) is 0.200. The average molecular weight is 272 g/mol. The molecule has 0 atom stereocenters. The van der Waals surface area contributed by atoms with E-state index in [0.717, 1.165) is 16.8 Å². The van der Waals surface area contributed by atoms with Crippen molar-refractivity contribution in [3.63, 3.8) is 0 Å². The van der Waals surface area contributed by atoms with Gasteiger partial charge in [-0.15, -0.1) is 0 Å². The summed E-state index contributed by atoms with van der Waals surface area (Å²) in [6.07, 6.45) is 1.53. The molecule has 0 bridgehead atoms. The summed E-state index contributed by atoms with van der Waals surface area (Å²) in [6, 6.07) is 9.58. The quantitative estimate of drug-likeness (QED) is 0.675. The van der Waals surface area contributed by atoms with Gasteiger partial charge in [0.25, 0.3) is 5.70 Å². The Hall–Kier alpha value is -2.40. The second-order valence-corrected chi connectivity index (χ2v) is 4.51. The summed E-state index contributed by atoms with van der Waals surface area (Å²) >= 11 is 0. The number of aliphatic hydroxyl groups excluding tert-OH is 1. The highest BCUT2D eigenvalue weighted by molar-refractivity contribution is 5.73. The molecule has 0 fully saturated rings. The van der Waals surface area contributed by atoms with Crippen molar-refractivity contribution in [1.29, 1.82) is 0 Å². The second kappa shape index (κ2) is 5.71. The van der Waals surface area contributed by atoms with E-state index in [0.29, 0.717) is 5.70 Å². The van der Waals surface area contributed by atoms with Gasteiger partial charge in [0.2, 0.25) is 0 Å². The van der Waals surface area contributed by atoms with Crippen LogP contribution in [0.3, 0.4) is 0 Å². The molecule has 0 saturated heterocycles. The van der Waals surface area contributed by atoms with Crippen molar-refractivity contribution in [3.8, 4) is 0 Å². The van der Waals surface area contributed by atoms with Crippen molar-refractivity contribution >= 4 is 5.70 Å². The molecule has 5 heteroatoms. The van der Waals surface area contributed by atoms with E-state index in [2.05, 4.69) is 6.58 Å². The molecule has 0 spiro atoms. The molecule has 5 nitrogen and oxygen atoms in total. The van der Waals surface area contributed by atoms with Gasteiger partial charge in [0.1, 0.15) is 5.70 Å². The molecule has 1 heterocycles. The van der Waals surface area contributed by atoms with Crippen molar-refractivity contribution < 1.29 is 10.0 Å². The lowest BCUT2D eigenvalue weighted by Crippen LogP contribution is -2.30. The summed E-state index contributed by atoms with van der Waals surface area (Å²) in [6.45, 7) is 5.79. The van der Waals surface area contributed by atoms with Crippen molar-refractivity contribution in [2.24, 2.45) is 0 Å². The van der Waals surface area contributed by atoms with Crippen LogP contribution in [-0.4, -0.2) is 28.1 Å². The highest BCUT2D eigenvalue weighted by atomic mass is 16.6. The van der Waals surface area contributed by atoms with Crippen LogP contribution in [0.4, 0.5) is 0 Å². The topological polar surface area (TPSA) is 66.6 Å². The Bertz CT molecular complexity index is 603. The van der Waals surface area contributed by atoms with Gasteiger partial charge in [-0.2, -0.15) is 0 Å². The van der Waals surface area contributed by atoms with Gasteiger partial charge in [-0.25, -0.2) is 0 Å². The first-order chi connectivity index (χ1) is 9.56. The van der Waals surface area contributed by atoms with Gasteiger partial charge >= 0.3 is 0 Å². The Morgan fingerprint density at radius 3 is 2.55 bits per heavy atom. The van der Waals surface area contributed by atoms with E-state index in [1.807, 2.05) is 37.3 Å². The number of benzene rings is 1. The Morgan fingerprint density at radius 2 is 2.00 bits per heavy atom. The normalized spacial score (nSPS) is 15.4. The van der Waals surface area contributed by atoms with E-state index in [-0.39, 0.29) is 18.8 Å². The minimum absolute atomic E-state index is 0.0318. The summed E-state index contributed by atoms with van der Waals surface area (Å²) in [5.41, 5.74) is 2.83. The zero-order valence-corrected chi connectivity index (χ0v) is 11.2. The molecule has 0 unspecified atom stereocenters. The molecule has 1 aliphatic rings. The number of hydrogen-bond acceptors (Lipinski definition) is 4. The Labute approximate surface area is 117 Å². The second-order valence-electron chi connectivity index (χ2n) is 4.51. The lowest BCUT2D eigenvalue weighted by atomic mass is 10.00. The molecule has 0 aliphatic carbocycles. The fourth-order valence-electron chi connectivity index (χ4n) is 2.33. The number of nitro groups is 1. The zero-order chi connectivity index (χ0) is 14.7. The molecular weight excluding hydrogens is 256 g/mol. The molecule has 0 radical (unpaired) electrons. The van der Waals surface area contributed by atoms with Gasteiger partial charge < -0.3 is 10.0 Å². The smallest absolute Gasteiger partial charge is 0.292 e. The summed E-state index contributed by atoms with van der Waals surface area (Å²) in [5, 5.41) is 20.3. The number of nitrogens with zero attached hydrogens (tertiary/aromatic N) is 2. The molecule has 1 aliphatic heterocycles. The highest BCUT2D eigenvalue weighted by Gasteiger charge is 2.29. The maximum absolute atomic E-state index is 11.1. The lowest BCUT2D eigenvalue weighted by molar-refractivity contribution is -0.422. The minimum atomic E-state index is -0.446. The third-order valence-corrected chi connectivity index (χ3v) is 3.19. The lowest BCUT2D eigenvalue weighted by Gasteiger charge is -2.31. The number of hydrogen-bond donors (Lipinski definition) is 1. The molecular formula is C15H16N2O3. The average Bonchev–Trinajstić information content (AvgIpc) is 2.43. The van der Waals surface area contributed by atoms with Crippen LogP contribution < -0.4 is 0 Å². The van der Waals surface area contributed by atoms with Crippen LogP contribution in [-0.2, 0) is 0 Å². The number of rotatable bonds is 4. The van der Waals surface area contributed by atoms with Crippen molar-refractivity contribution in [1.82, 2.24) is 4.90 Å². The van der Waals surface area contributed by atoms with Crippen LogP contribution in [0.15, 0.2) is 60.0 Å². The van der Waals surface area contributed by atoms with Crippen LogP contribution >= 0.6 is 0 Å². The van der Waals surface area contributed by atoms with Gasteiger partial charge in [-0.1, -0.05) is 36.9 Å². The monoisotopic (exact) mass is 272 g/mol. The fourth-order valence-corrected chi connectivity index (χ4v) is 2.33. The first kappa shape index (κ1) is 14.0. The third-order valence-electron chi connectivity index (χ3n) is 3.19. The van der Waals surface area contributed by atoms with Crippen molar-refractivity contribution in [3.05, 3.63) is 75.6 Å². The van der Waals surface area contributed by atoms with Gasteiger partial charge in [0, 0.05) is 12.6 Å². The Balaban J connectivity index is 2.57. The molecule has 0 amide bonds. The van der Waals surface area contributed by atoms with E-state index >= 15 is 0 Å². The maximum atomic E-state index is 11.1. The Morgan fingerprint density at radius 1 is 1.35 bits per heavy atom. The molecule has 1 N–H and O–H groups in total. The molecule has 1 aromatic carbocycles. The summed E-state index contributed by atoms with van der Waals surface area (Å²) in [7, 11) is 0. The molecule has 2 rings (SSSR count). The van der Waals surface area contributed by atoms with Crippen LogP contribution in [0.2, 0.25) is 0 Å². The number of β-amino-alcohol motifs (C(OH)–C–C–N with tert-alkyl or cyclic N) is 1. The first-order valence-electron chi connectivity index (χ1n) is 6.26. The SMILES string of the molecule is C=C1C([N+](=O)[O-])=CC(C)=C(c2ccccc2)N1CCO. The number of aliphatic hydroxyl groups is 1. The van der Waals surface area contributed by atoms with Gasteiger partial charge in [-0.05, 0) is 18.1 Å². The van der Waals surface area contributed by atoms with Crippen molar-refractivity contribution in [2.75, 3.05) is 13.2 Å². The molecule has 0 saturated carbocycles. The van der Waals surface area contributed by atoms with E-state index in [4.69, 9.17) is 0 Å².